The number of nitrogens with one attached hydrogen (secondary N) is 1. The predicted molar refractivity (Wildman–Crippen MR) is 87.6 cm³/mol. The Morgan fingerprint density at radius 3 is 2.36 bits per heavy atom. The number of carbonyl (C=O) groups excluding carboxylic acids is 1. The summed E-state index contributed by atoms with van der Waals surface area (Å²) >= 11 is 6.01. The summed E-state index contributed by atoms with van der Waals surface area (Å²) in [6.45, 7) is 2.45. The molecule has 0 aliphatic rings. The van der Waals surface area contributed by atoms with E-state index >= 15 is 0 Å². The molecular weight excluding hydrogens is 361 g/mol. The summed E-state index contributed by atoms with van der Waals surface area (Å²) in [6.07, 6.45) is -4.64. The number of hydrogen-bond acceptors (Lipinski definition) is 3. The van der Waals surface area contributed by atoms with Gasteiger partial charge in [-0.25, -0.2) is 0 Å². The molecule has 0 fully saturated rings. The summed E-state index contributed by atoms with van der Waals surface area (Å²) in [6, 6.07) is 5.90. The molecule has 0 spiro atoms. The van der Waals surface area contributed by atoms with Crippen molar-refractivity contribution in [1.82, 2.24) is 0 Å². The van der Waals surface area contributed by atoms with Crippen molar-refractivity contribution in [3.8, 4) is 11.1 Å². The molecule has 0 atom stereocenters. The first kappa shape index (κ1) is 18.7. The largest absolute Gasteiger partial charge is 0.417 e. The second kappa shape index (κ2) is 6.72. The zero-order valence-electron chi connectivity index (χ0n) is 13.1. The van der Waals surface area contributed by atoms with E-state index in [1.54, 1.807) is 0 Å². The van der Waals surface area contributed by atoms with Crippen molar-refractivity contribution < 1.29 is 22.9 Å². The zero-order chi connectivity index (χ0) is 18.9. The monoisotopic (exact) mass is 372 g/mol. The van der Waals surface area contributed by atoms with E-state index in [1.807, 2.05) is 0 Å². The molecule has 0 aromatic heterocycles. The van der Waals surface area contributed by atoms with Crippen molar-refractivity contribution in [3.63, 3.8) is 0 Å². The highest BCUT2D eigenvalue weighted by atomic mass is 35.5. The van der Waals surface area contributed by atoms with E-state index in [0.29, 0.717) is 0 Å². The fourth-order valence-electron chi connectivity index (χ4n) is 2.50. The van der Waals surface area contributed by atoms with E-state index in [2.05, 4.69) is 5.32 Å². The van der Waals surface area contributed by atoms with Crippen LogP contribution in [0.2, 0.25) is 5.02 Å². The molecule has 0 saturated heterocycles. The van der Waals surface area contributed by atoms with E-state index in [4.69, 9.17) is 11.6 Å². The molecule has 1 amide bonds. The van der Waals surface area contributed by atoms with Crippen LogP contribution in [0.3, 0.4) is 0 Å². The molecule has 2 aromatic carbocycles. The van der Waals surface area contributed by atoms with Crippen molar-refractivity contribution in [2.24, 2.45) is 0 Å². The van der Waals surface area contributed by atoms with Gasteiger partial charge >= 0.3 is 6.18 Å². The van der Waals surface area contributed by atoms with Crippen LogP contribution in [0.15, 0.2) is 30.3 Å². The van der Waals surface area contributed by atoms with Crippen molar-refractivity contribution in [1.29, 1.82) is 0 Å². The lowest BCUT2D eigenvalue weighted by molar-refractivity contribution is -0.384. The lowest BCUT2D eigenvalue weighted by Crippen LogP contribution is -2.11. The van der Waals surface area contributed by atoms with Gasteiger partial charge in [0.1, 0.15) is 5.69 Å². The van der Waals surface area contributed by atoms with Crippen LogP contribution in [0, 0.1) is 17.0 Å². The standard InChI is InChI=1S/C16H12ClF3N2O3/c1-8-11(10-5-3-4-6-12(10)16(18,19)20)7-13(17)14(21-9(2)23)15(8)22(24)25/h3-7H,1-2H3,(H,21,23). The maximum Gasteiger partial charge on any atom is 0.417 e. The zero-order valence-corrected chi connectivity index (χ0v) is 13.8. The van der Waals surface area contributed by atoms with Gasteiger partial charge in [0, 0.05) is 12.5 Å². The number of hydrogen-bond donors (Lipinski definition) is 1. The highest BCUT2D eigenvalue weighted by Gasteiger charge is 2.35. The van der Waals surface area contributed by atoms with Gasteiger partial charge in [-0.05, 0) is 30.2 Å². The SMILES string of the molecule is CC(=O)Nc1c(Cl)cc(-c2ccccc2C(F)(F)F)c(C)c1[N+](=O)[O-]. The molecule has 0 bridgehead atoms. The highest BCUT2D eigenvalue weighted by molar-refractivity contribution is 6.34. The Kier molecular flexibility index (Phi) is 5.03. The fourth-order valence-corrected chi connectivity index (χ4v) is 2.75. The number of carbonyl (C=O) groups is 1. The Morgan fingerprint density at radius 1 is 1.24 bits per heavy atom. The first-order valence-corrected chi connectivity index (χ1v) is 7.33. The summed E-state index contributed by atoms with van der Waals surface area (Å²) < 4.78 is 39.8. The topological polar surface area (TPSA) is 72.2 Å². The molecule has 5 nitrogen and oxygen atoms in total. The van der Waals surface area contributed by atoms with Crippen molar-refractivity contribution in [2.75, 3.05) is 5.32 Å². The van der Waals surface area contributed by atoms with Gasteiger partial charge in [0.15, 0.2) is 0 Å². The van der Waals surface area contributed by atoms with Gasteiger partial charge in [0.05, 0.1) is 15.5 Å². The number of nitrogens with zero attached hydrogens (tertiary/aromatic N) is 1. The molecule has 0 radical (unpaired) electrons. The average Bonchev–Trinajstić information content (AvgIpc) is 2.49. The van der Waals surface area contributed by atoms with E-state index in [-0.39, 0.29) is 27.4 Å². The summed E-state index contributed by atoms with van der Waals surface area (Å²) in [7, 11) is 0. The van der Waals surface area contributed by atoms with Crippen LogP contribution < -0.4 is 5.32 Å². The van der Waals surface area contributed by atoms with Gasteiger partial charge in [0.2, 0.25) is 5.91 Å². The molecular formula is C16H12ClF3N2O3. The van der Waals surface area contributed by atoms with Crippen LogP contribution in [0.25, 0.3) is 11.1 Å². The number of nitro benzene ring substituents is 1. The second-order valence-electron chi connectivity index (χ2n) is 5.24. The van der Waals surface area contributed by atoms with Crippen LogP contribution in [0.1, 0.15) is 18.1 Å². The number of rotatable bonds is 3. The third-order valence-electron chi connectivity index (χ3n) is 3.51. The molecule has 0 aliphatic carbocycles. The Bertz CT molecular complexity index is 866. The van der Waals surface area contributed by atoms with Gasteiger partial charge < -0.3 is 5.32 Å². The van der Waals surface area contributed by atoms with Crippen LogP contribution in [-0.2, 0) is 11.0 Å². The molecule has 0 heterocycles. The molecule has 9 heteroatoms. The van der Waals surface area contributed by atoms with Crippen molar-refractivity contribution in [2.45, 2.75) is 20.0 Å². The van der Waals surface area contributed by atoms with E-state index in [0.717, 1.165) is 13.0 Å². The first-order valence-electron chi connectivity index (χ1n) is 6.95. The summed E-state index contributed by atoms with van der Waals surface area (Å²) in [5.74, 6) is -0.590. The second-order valence-corrected chi connectivity index (χ2v) is 5.64. The minimum absolute atomic E-state index is 0.0290. The molecule has 132 valence electrons. The van der Waals surface area contributed by atoms with Crippen LogP contribution in [0.4, 0.5) is 24.5 Å². The van der Waals surface area contributed by atoms with Crippen LogP contribution >= 0.6 is 11.6 Å². The smallest absolute Gasteiger partial charge is 0.319 e. The third-order valence-corrected chi connectivity index (χ3v) is 3.81. The van der Waals surface area contributed by atoms with Gasteiger partial charge in [0.25, 0.3) is 5.69 Å². The Labute approximate surface area is 145 Å². The first-order chi connectivity index (χ1) is 11.5. The normalized spacial score (nSPS) is 11.3. The molecule has 2 rings (SSSR count). The molecule has 0 unspecified atom stereocenters. The molecule has 0 saturated carbocycles. The third kappa shape index (κ3) is 3.74. The average molecular weight is 373 g/mol. The van der Waals surface area contributed by atoms with Crippen LogP contribution in [0.5, 0.6) is 0 Å². The molecule has 25 heavy (non-hydrogen) atoms. The van der Waals surface area contributed by atoms with E-state index in [9.17, 15) is 28.1 Å². The van der Waals surface area contributed by atoms with Crippen LogP contribution in [-0.4, -0.2) is 10.8 Å². The minimum atomic E-state index is -4.64. The lowest BCUT2D eigenvalue weighted by atomic mass is 9.94. The summed E-state index contributed by atoms with van der Waals surface area (Å²) in [5, 5.41) is 13.4. The number of amides is 1. The predicted octanol–water partition coefficient (Wildman–Crippen LogP) is 5.20. The Balaban J connectivity index is 2.82. The summed E-state index contributed by atoms with van der Waals surface area (Å²) in [4.78, 5) is 21.9. The number of nitro groups is 1. The molecule has 2 aromatic rings. The van der Waals surface area contributed by atoms with Gasteiger partial charge in [-0.1, -0.05) is 29.8 Å². The summed E-state index contributed by atoms with van der Waals surface area (Å²) in [5.41, 5.74) is -2.02. The number of anilines is 1. The highest BCUT2D eigenvalue weighted by Crippen LogP contribution is 2.44. The number of halogens is 4. The maximum absolute atomic E-state index is 13.3. The number of benzene rings is 2. The van der Waals surface area contributed by atoms with Crippen molar-refractivity contribution >= 4 is 28.9 Å². The number of alkyl halides is 3. The molecule has 0 aliphatic heterocycles. The van der Waals surface area contributed by atoms with Gasteiger partial charge in [-0.3, -0.25) is 14.9 Å². The maximum atomic E-state index is 13.3. The quantitative estimate of drug-likeness (QED) is 0.594. The lowest BCUT2D eigenvalue weighted by Gasteiger charge is -2.17. The van der Waals surface area contributed by atoms with E-state index < -0.39 is 28.3 Å². The minimum Gasteiger partial charge on any atom is -0.319 e. The van der Waals surface area contributed by atoms with Gasteiger partial charge in [-0.2, -0.15) is 13.2 Å². The molecule has 1 N–H and O–H groups in total. The fraction of sp³-hybridized carbons (Fsp3) is 0.188. The Hall–Kier alpha value is -2.61. The van der Waals surface area contributed by atoms with E-state index in [1.165, 1.54) is 31.2 Å². The van der Waals surface area contributed by atoms with Crippen molar-refractivity contribution in [3.05, 3.63) is 56.6 Å². The van der Waals surface area contributed by atoms with Gasteiger partial charge in [-0.15, -0.1) is 0 Å². The Morgan fingerprint density at radius 2 is 1.84 bits per heavy atom.